The number of aromatic nitrogens is 3. The van der Waals surface area contributed by atoms with Crippen LogP contribution in [-0.4, -0.2) is 27.3 Å². The van der Waals surface area contributed by atoms with Gasteiger partial charge in [-0.1, -0.05) is 5.21 Å². The number of carbonyl (C=O) groups excluding carboxylic acids is 1. The van der Waals surface area contributed by atoms with Crippen LogP contribution in [0.25, 0.3) is 0 Å². The van der Waals surface area contributed by atoms with Gasteiger partial charge < -0.3 is 10.5 Å². The van der Waals surface area contributed by atoms with Gasteiger partial charge in [-0.05, 0) is 26.3 Å². The molecule has 1 rings (SSSR count). The molecule has 2 N–H and O–H groups in total. The van der Waals surface area contributed by atoms with Gasteiger partial charge in [0.15, 0.2) is 0 Å². The molecule has 1 aromatic heterocycles. The van der Waals surface area contributed by atoms with Crippen molar-refractivity contribution in [2.75, 3.05) is 6.54 Å². The second-order valence-electron chi connectivity index (χ2n) is 3.32. The van der Waals surface area contributed by atoms with Gasteiger partial charge >= 0.3 is 0 Å². The highest BCUT2D eigenvalue weighted by atomic mass is 16.1. The molecule has 0 saturated carbocycles. The van der Waals surface area contributed by atoms with Crippen LogP contribution < -0.4 is 5.73 Å². The van der Waals surface area contributed by atoms with Crippen LogP contribution in [0.3, 0.4) is 0 Å². The highest BCUT2D eigenvalue weighted by Crippen LogP contribution is 1.99. The minimum absolute atomic E-state index is 0.182. The number of nitrogens with zero attached hydrogens (tertiary/aromatic N) is 3. The second kappa shape index (κ2) is 5.49. The molecule has 0 fully saturated rings. The first kappa shape index (κ1) is 10.8. The average molecular weight is 196 g/mol. The highest BCUT2D eigenvalue weighted by molar-refractivity contribution is 5.75. The summed E-state index contributed by atoms with van der Waals surface area (Å²) in [5, 5.41) is 7.89. The van der Waals surface area contributed by atoms with E-state index in [1.165, 1.54) is 0 Å². The van der Waals surface area contributed by atoms with E-state index in [2.05, 4.69) is 10.3 Å². The van der Waals surface area contributed by atoms with Crippen LogP contribution in [0.4, 0.5) is 0 Å². The molecule has 5 heteroatoms. The maximum absolute atomic E-state index is 10.7. The summed E-state index contributed by atoms with van der Waals surface area (Å²) in [6.45, 7) is 3.03. The Kier molecular flexibility index (Phi) is 4.25. The van der Waals surface area contributed by atoms with Crippen molar-refractivity contribution in [3.63, 3.8) is 0 Å². The molecule has 0 unspecified atom stereocenters. The first-order valence-electron chi connectivity index (χ1n) is 4.81. The largest absolute Gasteiger partial charge is 0.330 e. The van der Waals surface area contributed by atoms with Gasteiger partial charge in [0.2, 0.25) is 0 Å². The maximum Gasteiger partial charge on any atom is 0.130 e. The van der Waals surface area contributed by atoms with E-state index in [-0.39, 0.29) is 5.78 Å². The molecule has 0 radical (unpaired) electrons. The lowest BCUT2D eigenvalue weighted by Crippen LogP contribution is -2.06. The third kappa shape index (κ3) is 3.66. The summed E-state index contributed by atoms with van der Waals surface area (Å²) in [5.41, 5.74) is 6.25. The molecule has 0 aliphatic carbocycles. The van der Waals surface area contributed by atoms with E-state index in [1.54, 1.807) is 11.6 Å². The number of ketones is 1. The Morgan fingerprint density at radius 1 is 1.64 bits per heavy atom. The molecule has 5 nitrogen and oxygen atoms in total. The van der Waals surface area contributed by atoms with Gasteiger partial charge in [-0.25, -0.2) is 0 Å². The highest BCUT2D eigenvalue weighted by Gasteiger charge is 2.01. The van der Waals surface area contributed by atoms with Crippen molar-refractivity contribution in [3.8, 4) is 0 Å². The van der Waals surface area contributed by atoms with Crippen LogP contribution in [0.1, 0.15) is 25.5 Å². The van der Waals surface area contributed by atoms with E-state index in [4.69, 9.17) is 5.73 Å². The third-order valence-electron chi connectivity index (χ3n) is 1.91. The Balaban J connectivity index is 2.38. The Labute approximate surface area is 83.3 Å². The smallest absolute Gasteiger partial charge is 0.130 e. The van der Waals surface area contributed by atoms with Gasteiger partial charge in [0.1, 0.15) is 5.78 Å². The zero-order valence-electron chi connectivity index (χ0n) is 8.44. The minimum atomic E-state index is 0.182. The zero-order chi connectivity index (χ0) is 10.4. The van der Waals surface area contributed by atoms with Crippen molar-refractivity contribution in [2.45, 2.75) is 32.7 Å². The van der Waals surface area contributed by atoms with E-state index in [1.807, 2.05) is 6.20 Å². The Morgan fingerprint density at radius 3 is 3.07 bits per heavy atom. The Bertz CT molecular complexity index is 295. The van der Waals surface area contributed by atoms with Crippen LogP contribution in [0.5, 0.6) is 0 Å². The molecule has 1 aromatic rings. The lowest BCUT2D eigenvalue weighted by atomic mass is 10.2. The first-order valence-corrected chi connectivity index (χ1v) is 4.81. The Hall–Kier alpha value is -1.23. The van der Waals surface area contributed by atoms with E-state index in [0.29, 0.717) is 19.4 Å². The molecule has 0 bridgehead atoms. The summed E-state index contributed by atoms with van der Waals surface area (Å²) in [6, 6.07) is 0. The zero-order valence-corrected chi connectivity index (χ0v) is 8.44. The van der Waals surface area contributed by atoms with Crippen molar-refractivity contribution in [2.24, 2.45) is 5.73 Å². The average Bonchev–Trinajstić information content (AvgIpc) is 2.59. The van der Waals surface area contributed by atoms with Crippen molar-refractivity contribution >= 4 is 5.78 Å². The van der Waals surface area contributed by atoms with Gasteiger partial charge in [-0.15, -0.1) is 5.10 Å². The summed E-state index contributed by atoms with van der Waals surface area (Å²) in [7, 11) is 0. The molecule has 0 aliphatic rings. The van der Waals surface area contributed by atoms with Crippen molar-refractivity contribution in [3.05, 3.63) is 11.9 Å². The number of rotatable bonds is 6. The fraction of sp³-hybridized carbons (Fsp3) is 0.667. The lowest BCUT2D eigenvalue weighted by molar-refractivity contribution is -0.116. The van der Waals surface area contributed by atoms with Gasteiger partial charge in [0, 0.05) is 19.2 Å². The topological polar surface area (TPSA) is 73.8 Å². The summed E-state index contributed by atoms with van der Waals surface area (Å²) < 4.78 is 1.77. The molecular weight excluding hydrogens is 180 g/mol. The molecule has 1 heterocycles. The standard InChI is InChI=1S/C9H16N4O/c1-8(14)3-4-9-7-13(12-11-9)6-2-5-10/h7H,2-6,10H2,1H3. The quantitative estimate of drug-likeness (QED) is 0.702. The Morgan fingerprint density at radius 2 is 2.43 bits per heavy atom. The van der Waals surface area contributed by atoms with Crippen LogP contribution in [0, 0.1) is 0 Å². The summed E-state index contributed by atoms with van der Waals surface area (Å²) >= 11 is 0. The SMILES string of the molecule is CC(=O)CCc1cn(CCCN)nn1. The molecular formula is C9H16N4O. The van der Waals surface area contributed by atoms with Crippen LogP contribution in [0.15, 0.2) is 6.20 Å². The molecule has 0 aliphatic heterocycles. The van der Waals surface area contributed by atoms with Crippen molar-refractivity contribution in [1.82, 2.24) is 15.0 Å². The van der Waals surface area contributed by atoms with Crippen LogP contribution in [-0.2, 0) is 17.8 Å². The van der Waals surface area contributed by atoms with Gasteiger partial charge in [0.05, 0.1) is 5.69 Å². The third-order valence-corrected chi connectivity index (χ3v) is 1.91. The second-order valence-corrected chi connectivity index (χ2v) is 3.32. The van der Waals surface area contributed by atoms with Crippen molar-refractivity contribution < 1.29 is 4.79 Å². The molecule has 14 heavy (non-hydrogen) atoms. The van der Waals surface area contributed by atoms with E-state index in [9.17, 15) is 4.79 Å². The maximum atomic E-state index is 10.7. The fourth-order valence-corrected chi connectivity index (χ4v) is 1.12. The van der Waals surface area contributed by atoms with E-state index in [0.717, 1.165) is 18.7 Å². The number of aryl methyl sites for hydroxylation is 2. The summed E-state index contributed by atoms with van der Waals surface area (Å²) in [6.07, 6.45) is 3.99. The van der Waals surface area contributed by atoms with E-state index < -0.39 is 0 Å². The fourth-order valence-electron chi connectivity index (χ4n) is 1.12. The number of hydrogen-bond acceptors (Lipinski definition) is 4. The summed E-state index contributed by atoms with van der Waals surface area (Å²) in [4.78, 5) is 10.7. The minimum Gasteiger partial charge on any atom is -0.330 e. The van der Waals surface area contributed by atoms with Gasteiger partial charge in [0.25, 0.3) is 0 Å². The number of nitrogens with two attached hydrogens (primary N) is 1. The molecule has 0 atom stereocenters. The molecule has 0 spiro atoms. The summed E-state index contributed by atoms with van der Waals surface area (Å²) in [5.74, 6) is 0.182. The molecule has 0 saturated heterocycles. The number of hydrogen-bond donors (Lipinski definition) is 1. The normalized spacial score (nSPS) is 10.4. The van der Waals surface area contributed by atoms with Crippen molar-refractivity contribution in [1.29, 1.82) is 0 Å². The number of carbonyl (C=O) groups is 1. The lowest BCUT2D eigenvalue weighted by Gasteiger charge is -1.95. The van der Waals surface area contributed by atoms with Gasteiger partial charge in [-0.3, -0.25) is 4.68 Å². The predicted octanol–water partition coefficient (Wildman–Crippen LogP) is 0.148. The van der Waals surface area contributed by atoms with Crippen LogP contribution in [0.2, 0.25) is 0 Å². The van der Waals surface area contributed by atoms with Crippen LogP contribution >= 0.6 is 0 Å². The van der Waals surface area contributed by atoms with Gasteiger partial charge in [-0.2, -0.15) is 0 Å². The first-order chi connectivity index (χ1) is 6.72. The molecule has 0 aromatic carbocycles. The molecule has 78 valence electrons. The predicted molar refractivity (Wildman–Crippen MR) is 52.7 cm³/mol. The molecule has 0 amide bonds. The monoisotopic (exact) mass is 196 g/mol. The number of Topliss-reactive ketones (excluding diaryl/α,β-unsaturated/α-hetero) is 1. The van der Waals surface area contributed by atoms with E-state index >= 15 is 0 Å².